The molecule has 2 aromatic rings. The summed E-state index contributed by atoms with van der Waals surface area (Å²) in [5, 5.41) is 0. The first-order valence-corrected chi connectivity index (χ1v) is 11.1. The Morgan fingerprint density at radius 1 is 0.933 bits per heavy atom. The fourth-order valence-electron chi connectivity index (χ4n) is 4.40. The summed E-state index contributed by atoms with van der Waals surface area (Å²) >= 11 is 0. The van der Waals surface area contributed by atoms with Gasteiger partial charge in [-0.25, -0.2) is 0 Å². The van der Waals surface area contributed by atoms with Crippen LogP contribution in [0.4, 0.5) is 0 Å². The maximum absolute atomic E-state index is 13.0. The zero-order valence-corrected chi connectivity index (χ0v) is 17.7. The van der Waals surface area contributed by atoms with Gasteiger partial charge in [-0.3, -0.25) is 19.6 Å². The van der Waals surface area contributed by atoms with Gasteiger partial charge in [0.15, 0.2) is 0 Å². The van der Waals surface area contributed by atoms with Gasteiger partial charge in [0.25, 0.3) is 0 Å². The highest BCUT2D eigenvalue weighted by atomic mass is 16.2. The molecule has 2 aliphatic rings. The van der Waals surface area contributed by atoms with Gasteiger partial charge < -0.3 is 4.90 Å². The molecule has 0 N–H and O–H groups in total. The van der Waals surface area contributed by atoms with E-state index in [1.165, 1.54) is 11.1 Å². The molecular weight excluding hydrogens is 372 g/mol. The monoisotopic (exact) mass is 404 g/mol. The Balaban J connectivity index is 1.17. The van der Waals surface area contributed by atoms with Gasteiger partial charge in [-0.05, 0) is 43.1 Å². The third-order valence-corrected chi connectivity index (χ3v) is 6.22. The van der Waals surface area contributed by atoms with E-state index in [0.717, 1.165) is 65.2 Å². The Kier molecular flexibility index (Phi) is 7.27. The first-order chi connectivity index (χ1) is 14.8. The average molecular weight is 405 g/mol. The second-order valence-electron chi connectivity index (χ2n) is 8.35. The number of rotatable bonds is 6. The molecule has 1 aromatic heterocycles. The highest BCUT2D eigenvalue weighted by Gasteiger charge is 2.30. The fourth-order valence-corrected chi connectivity index (χ4v) is 4.40. The normalized spacial score (nSPS) is 19.4. The molecule has 30 heavy (non-hydrogen) atoms. The predicted molar refractivity (Wildman–Crippen MR) is 121 cm³/mol. The van der Waals surface area contributed by atoms with E-state index >= 15 is 0 Å². The van der Waals surface area contributed by atoms with Crippen LogP contribution in [0.2, 0.25) is 0 Å². The third-order valence-electron chi connectivity index (χ3n) is 6.22. The average Bonchev–Trinajstić information content (AvgIpc) is 2.81. The van der Waals surface area contributed by atoms with Crippen LogP contribution in [0.25, 0.3) is 6.08 Å². The summed E-state index contributed by atoms with van der Waals surface area (Å²) < 4.78 is 0. The van der Waals surface area contributed by atoms with Gasteiger partial charge in [-0.15, -0.1) is 0 Å². The summed E-state index contributed by atoms with van der Waals surface area (Å²) in [6, 6.07) is 14.5. The first-order valence-electron chi connectivity index (χ1n) is 11.1. The molecule has 2 saturated heterocycles. The van der Waals surface area contributed by atoms with Crippen molar-refractivity contribution < 1.29 is 4.79 Å². The van der Waals surface area contributed by atoms with Crippen LogP contribution >= 0.6 is 0 Å². The summed E-state index contributed by atoms with van der Waals surface area (Å²) in [5.74, 6) is 0.565. The van der Waals surface area contributed by atoms with Gasteiger partial charge in [-0.2, -0.15) is 0 Å². The lowest BCUT2D eigenvalue weighted by Gasteiger charge is -2.38. The molecule has 0 unspecified atom stereocenters. The van der Waals surface area contributed by atoms with Crippen molar-refractivity contribution in [3.05, 3.63) is 72.1 Å². The molecule has 158 valence electrons. The second-order valence-corrected chi connectivity index (χ2v) is 8.35. The number of hydrogen-bond donors (Lipinski definition) is 0. The minimum Gasteiger partial charge on any atom is -0.340 e. The lowest BCUT2D eigenvalue weighted by Crippen LogP contribution is -2.51. The van der Waals surface area contributed by atoms with Crippen molar-refractivity contribution in [3.8, 4) is 0 Å². The van der Waals surface area contributed by atoms with Gasteiger partial charge in [0.05, 0.1) is 0 Å². The molecule has 5 nitrogen and oxygen atoms in total. The summed E-state index contributed by atoms with van der Waals surface area (Å²) in [6.45, 7) is 7.51. The second kappa shape index (κ2) is 10.5. The van der Waals surface area contributed by atoms with Crippen molar-refractivity contribution in [1.82, 2.24) is 19.7 Å². The minimum absolute atomic E-state index is 0.194. The smallest absolute Gasteiger partial charge is 0.225 e. The van der Waals surface area contributed by atoms with Gasteiger partial charge in [0.2, 0.25) is 5.91 Å². The molecule has 0 spiro atoms. The molecule has 1 aromatic carbocycles. The quantitative estimate of drug-likeness (QED) is 0.742. The van der Waals surface area contributed by atoms with Crippen LogP contribution in [0.5, 0.6) is 0 Å². The highest BCUT2D eigenvalue weighted by Crippen LogP contribution is 2.22. The predicted octanol–water partition coefficient (Wildman–Crippen LogP) is 3.15. The third kappa shape index (κ3) is 5.77. The molecule has 0 bridgehead atoms. The van der Waals surface area contributed by atoms with Crippen LogP contribution in [0.3, 0.4) is 0 Å². The lowest BCUT2D eigenvalue weighted by molar-refractivity contribution is -0.138. The minimum atomic E-state index is 0.194. The fraction of sp³-hybridized carbons (Fsp3) is 0.440. The van der Waals surface area contributed by atoms with E-state index in [2.05, 4.69) is 62.2 Å². The number of nitrogens with zero attached hydrogens (tertiary/aromatic N) is 4. The SMILES string of the molecule is O=C(C1CCN(Cc2cccnc2)CC1)N1CCN(CC=Cc2ccccc2)CC1. The number of carbonyl (C=O) groups is 1. The van der Waals surface area contributed by atoms with Crippen LogP contribution in [0.1, 0.15) is 24.0 Å². The van der Waals surface area contributed by atoms with Gasteiger partial charge in [0.1, 0.15) is 0 Å². The van der Waals surface area contributed by atoms with Crippen LogP contribution in [-0.4, -0.2) is 71.4 Å². The molecule has 1 amide bonds. The maximum atomic E-state index is 13.0. The number of benzene rings is 1. The van der Waals surface area contributed by atoms with Crippen LogP contribution < -0.4 is 0 Å². The van der Waals surface area contributed by atoms with E-state index in [1.807, 2.05) is 24.5 Å². The molecule has 4 rings (SSSR count). The van der Waals surface area contributed by atoms with E-state index in [4.69, 9.17) is 0 Å². The number of piperazine rings is 1. The standard InChI is InChI=1S/C25H32N4O/c30-25(24-10-14-28(15-11-24)21-23-8-4-12-26-20-23)29-18-16-27(17-19-29)13-5-9-22-6-2-1-3-7-22/h1-9,12,20,24H,10-11,13-19,21H2. The van der Waals surface area contributed by atoms with E-state index in [-0.39, 0.29) is 5.92 Å². The molecule has 0 atom stereocenters. The largest absolute Gasteiger partial charge is 0.340 e. The Hall–Kier alpha value is -2.50. The van der Waals surface area contributed by atoms with Crippen molar-refractivity contribution in [3.63, 3.8) is 0 Å². The van der Waals surface area contributed by atoms with E-state index in [0.29, 0.717) is 5.91 Å². The number of pyridine rings is 1. The molecule has 2 aliphatic heterocycles. The Morgan fingerprint density at radius 3 is 2.40 bits per heavy atom. The number of amides is 1. The zero-order chi connectivity index (χ0) is 20.6. The molecule has 3 heterocycles. The molecule has 5 heteroatoms. The van der Waals surface area contributed by atoms with Crippen molar-refractivity contribution in [1.29, 1.82) is 0 Å². The number of hydrogen-bond acceptors (Lipinski definition) is 4. The number of likely N-dealkylation sites (tertiary alicyclic amines) is 1. The summed E-state index contributed by atoms with van der Waals surface area (Å²) in [5.41, 5.74) is 2.49. The molecule has 2 fully saturated rings. The number of aromatic nitrogens is 1. The molecule has 0 aliphatic carbocycles. The van der Waals surface area contributed by atoms with Crippen LogP contribution in [-0.2, 0) is 11.3 Å². The van der Waals surface area contributed by atoms with Gasteiger partial charge in [0, 0.05) is 57.6 Å². The Labute approximate surface area is 180 Å². The Morgan fingerprint density at radius 2 is 1.70 bits per heavy atom. The maximum Gasteiger partial charge on any atom is 0.225 e. The van der Waals surface area contributed by atoms with Crippen molar-refractivity contribution >= 4 is 12.0 Å². The summed E-state index contributed by atoms with van der Waals surface area (Å²) in [4.78, 5) is 24.2. The van der Waals surface area contributed by atoms with Crippen LogP contribution in [0, 0.1) is 5.92 Å². The van der Waals surface area contributed by atoms with E-state index in [9.17, 15) is 4.79 Å². The van der Waals surface area contributed by atoms with Crippen molar-refractivity contribution in [2.45, 2.75) is 19.4 Å². The van der Waals surface area contributed by atoms with Crippen LogP contribution in [0.15, 0.2) is 60.9 Å². The van der Waals surface area contributed by atoms with Crippen molar-refractivity contribution in [2.75, 3.05) is 45.8 Å². The van der Waals surface area contributed by atoms with Crippen molar-refractivity contribution in [2.24, 2.45) is 5.92 Å². The topological polar surface area (TPSA) is 39.7 Å². The molecular formula is C25H32N4O. The van der Waals surface area contributed by atoms with E-state index in [1.54, 1.807) is 0 Å². The zero-order valence-electron chi connectivity index (χ0n) is 17.7. The number of carbonyl (C=O) groups excluding carboxylic acids is 1. The highest BCUT2D eigenvalue weighted by molar-refractivity contribution is 5.79. The molecule has 0 radical (unpaired) electrons. The Bertz CT molecular complexity index is 808. The van der Waals surface area contributed by atoms with E-state index < -0.39 is 0 Å². The lowest BCUT2D eigenvalue weighted by atomic mass is 9.94. The van der Waals surface area contributed by atoms with Gasteiger partial charge >= 0.3 is 0 Å². The summed E-state index contributed by atoms with van der Waals surface area (Å²) in [7, 11) is 0. The first kappa shape index (κ1) is 20.8. The van der Waals surface area contributed by atoms with Gasteiger partial charge in [-0.1, -0.05) is 48.6 Å². The molecule has 0 saturated carbocycles. The summed E-state index contributed by atoms with van der Waals surface area (Å²) in [6.07, 6.45) is 10.1. The number of piperidine rings is 1.